The van der Waals surface area contributed by atoms with Gasteiger partial charge in [-0.2, -0.15) is 20.3 Å². The van der Waals surface area contributed by atoms with Crippen molar-refractivity contribution in [3.63, 3.8) is 0 Å². The van der Waals surface area contributed by atoms with Crippen molar-refractivity contribution in [2.24, 2.45) is 0 Å². The third-order valence-corrected chi connectivity index (χ3v) is 7.21. The van der Waals surface area contributed by atoms with E-state index in [1.54, 1.807) is 0 Å². The van der Waals surface area contributed by atoms with E-state index < -0.39 is 0 Å². The van der Waals surface area contributed by atoms with Crippen LogP contribution in [0.15, 0.2) is 36.7 Å². The van der Waals surface area contributed by atoms with Crippen LogP contribution in [0.3, 0.4) is 0 Å². The van der Waals surface area contributed by atoms with Gasteiger partial charge < -0.3 is 20.4 Å². The molecule has 1 saturated heterocycles. The predicted octanol–water partition coefficient (Wildman–Crippen LogP) is 3.10. The van der Waals surface area contributed by atoms with Crippen LogP contribution in [0.1, 0.15) is 37.4 Å². The van der Waals surface area contributed by atoms with E-state index in [2.05, 4.69) is 74.1 Å². The summed E-state index contributed by atoms with van der Waals surface area (Å²) < 4.78 is 1.87. The molecule has 3 aromatic rings. The van der Waals surface area contributed by atoms with Gasteiger partial charge in [0.1, 0.15) is 11.6 Å². The third-order valence-electron chi connectivity index (χ3n) is 7.21. The molecule has 9 heteroatoms. The van der Waals surface area contributed by atoms with Gasteiger partial charge >= 0.3 is 0 Å². The summed E-state index contributed by atoms with van der Waals surface area (Å²) in [5.74, 6) is 2.11. The van der Waals surface area contributed by atoms with Gasteiger partial charge in [0.05, 0.1) is 24.7 Å². The summed E-state index contributed by atoms with van der Waals surface area (Å²) >= 11 is 0. The highest BCUT2D eigenvalue weighted by Gasteiger charge is 2.26. The fourth-order valence-electron chi connectivity index (χ4n) is 4.96. The Balaban J connectivity index is 1.40. The number of rotatable bonds is 5. The summed E-state index contributed by atoms with van der Waals surface area (Å²) in [5, 5.41) is 13.5. The number of nitriles is 1. The first kappa shape index (κ1) is 23.1. The van der Waals surface area contributed by atoms with Gasteiger partial charge in [-0.15, -0.1) is 0 Å². The molecule has 0 radical (unpaired) electrons. The minimum Gasteiger partial charge on any atom is -0.368 e. The number of hydrogen-bond donors (Lipinski definition) is 1. The van der Waals surface area contributed by atoms with Crippen molar-refractivity contribution in [3.8, 4) is 17.2 Å². The summed E-state index contributed by atoms with van der Waals surface area (Å²) in [7, 11) is 2.15. The quantitative estimate of drug-likeness (QED) is 0.606. The van der Waals surface area contributed by atoms with E-state index >= 15 is 0 Å². The number of aromatic nitrogens is 4. The third kappa shape index (κ3) is 4.80. The van der Waals surface area contributed by atoms with Gasteiger partial charge in [-0.3, -0.25) is 4.68 Å². The predicted molar refractivity (Wildman–Crippen MR) is 138 cm³/mol. The highest BCUT2D eigenvalue weighted by atomic mass is 15.3. The van der Waals surface area contributed by atoms with E-state index in [0.717, 1.165) is 61.9 Å². The molecule has 2 aliphatic rings. The average molecular weight is 472 g/mol. The first-order valence-corrected chi connectivity index (χ1v) is 12.3. The van der Waals surface area contributed by atoms with E-state index in [1.165, 1.54) is 11.1 Å². The van der Waals surface area contributed by atoms with Gasteiger partial charge in [0, 0.05) is 56.6 Å². The molecule has 2 N–H and O–H groups in total. The largest absolute Gasteiger partial charge is 0.368 e. The van der Waals surface area contributed by atoms with Gasteiger partial charge in [0.15, 0.2) is 0 Å². The maximum Gasteiger partial charge on any atom is 0.223 e. The van der Waals surface area contributed by atoms with Gasteiger partial charge in [-0.05, 0) is 50.1 Å². The molecule has 2 aliphatic heterocycles. The normalized spacial score (nSPS) is 19.3. The Hall–Kier alpha value is -3.64. The molecule has 0 bridgehead atoms. The lowest BCUT2D eigenvalue weighted by molar-refractivity contribution is 0.312. The lowest BCUT2D eigenvalue weighted by Gasteiger charge is -2.37. The maximum absolute atomic E-state index is 9.00. The van der Waals surface area contributed by atoms with Crippen LogP contribution in [-0.2, 0) is 13.0 Å². The van der Waals surface area contributed by atoms with Crippen molar-refractivity contribution < 1.29 is 0 Å². The van der Waals surface area contributed by atoms with Crippen molar-refractivity contribution in [1.29, 1.82) is 5.26 Å². The summed E-state index contributed by atoms with van der Waals surface area (Å²) in [4.78, 5) is 16.1. The second-order valence-corrected chi connectivity index (χ2v) is 9.82. The molecule has 4 heterocycles. The lowest BCUT2D eigenvalue weighted by atomic mass is 9.92. The van der Waals surface area contributed by atoms with Crippen LogP contribution in [0.25, 0.3) is 11.1 Å². The lowest BCUT2D eigenvalue weighted by Crippen LogP contribution is -2.45. The summed E-state index contributed by atoms with van der Waals surface area (Å²) in [6, 6.07) is 11.3. The van der Waals surface area contributed by atoms with Crippen LogP contribution >= 0.6 is 0 Å². The molecule has 2 unspecified atom stereocenters. The van der Waals surface area contributed by atoms with Crippen LogP contribution in [0.5, 0.6) is 0 Å². The molecule has 5 rings (SSSR count). The van der Waals surface area contributed by atoms with Crippen LogP contribution in [0.4, 0.5) is 17.6 Å². The van der Waals surface area contributed by atoms with Crippen molar-refractivity contribution >= 4 is 17.6 Å². The Morgan fingerprint density at radius 2 is 1.86 bits per heavy atom. The fourth-order valence-corrected chi connectivity index (χ4v) is 4.96. The fraction of sp³-hybridized carbons (Fsp3) is 0.462. The van der Waals surface area contributed by atoms with E-state index in [4.69, 9.17) is 11.0 Å². The van der Waals surface area contributed by atoms with Crippen molar-refractivity contribution in [2.75, 3.05) is 48.8 Å². The zero-order valence-electron chi connectivity index (χ0n) is 20.7. The minimum absolute atomic E-state index is 0.0560. The van der Waals surface area contributed by atoms with Gasteiger partial charge in [-0.25, -0.2) is 0 Å². The Bertz CT molecular complexity index is 1240. The number of anilines is 3. The topological polar surface area (TPSA) is 103 Å². The molecule has 0 spiro atoms. The molecule has 1 fully saturated rings. The first-order valence-electron chi connectivity index (χ1n) is 12.3. The summed E-state index contributed by atoms with van der Waals surface area (Å²) in [5.41, 5.74) is 11.0. The van der Waals surface area contributed by atoms with Crippen LogP contribution in [0, 0.1) is 11.3 Å². The number of nitrogens with two attached hydrogens (primary N) is 1. The van der Waals surface area contributed by atoms with Crippen LogP contribution in [-0.4, -0.2) is 63.9 Å². The van der Waals surface area contributed by atoms with E-state index in [-0.39, 0.29) is 6.04 Å². The van der Waals surface area contributed by atoms with E-state index in [1.807, 2.05) is 24.0 Å². The zero-order chi connectivity index (χ0) is 24.5. The molecule has 1 aromatic carbocycles. The monoisotopic (exact) mass is 471 g/mol. The second kappa shape index (κ2) is 9.55. The molecule has 9 nitrogen and oxygen atoms in total. The number of hydrogen-bond acceptors (Lipinski definition) is 8. The molecular formula is C26H33N9. The zero-order valence-corrected chi connectivity index (χ0v) is 20.7. The molecule has 0 amide bonds. The Morgan fingerprint density at radius 1 is 1.09 bits per heavy atom. The van der Waals surface area contributed by atoms with Crippen molar-refractivity contribution in [2.45, 2.75) is 45.3 Å². The van der Waals surface area contributed by atoms with Crippen molar-refractivity contribution in [3.05, 3.63) is 47.8 Å². The average Bonchev–Trinajstić information content (AvgIpc) is 3.34. The molecular weight excluding hydrogens is 438 g/mol. The minimum atomic E-state index is 0.0560. The highest BCUT2D eigenvalue weighted by molar-refractivity contribution is 5.65. The van der Waals surface area contributed by atoms with Gasteiger partial charge in [0.25, 0.3) is 0 Å². The molecule has 2 aromatic heterocycles. The number of nitrogen functional groups attached to an aromatic ring is 1. The molecule has 0 aliphatic carbocycles. The SMILES string of the molecule is CC1Cc2ccc(-c3cnn(C(C)CC#N)c3)cc2CN1c1cc(N2CCN(C)CC2)nc(N)n1. The Morgan fingerprint density at radius 3 is 2.63 bits per heavy atom. The Kier molecular flexibility index (Phi) is 6.31. The van der Waals surface area contributed by atoms with Crippen LogP contribution < -0.4 is 15.5 Å². The summed E-state index contributed by atoms with van der Waals surface area (Å²) in [6.07, 6.45) is 5.30. The van der Waals surface area contributed by atoms with Crippen molar-refractivity contribution in [1.82, 2.24) is 24.6 Å². The maximum atomic E-state index is 9.00. The van der Waals surface area contributed by atoms with Crippen LogP contribution in [0.2, 0.25) is 0 Å². The molecule has 35 heavy (non-hydrogen) atoms. The number of nitrogens with zero attached hydrogens (tertiary/aromatic N) is 8. The highest BCUT2D eigenvalue weighted by Crippen LogP contribution is 2.32. The Labute approximate surface area is 206 Å². The smallest absolute Gasteiger partial charge is 0.223 e. The van der Waals surface area contributed by atoms with E-state index in [0.29, 0.717) is 18.4 Å². The second-order valence-electron chi connectivity index (χ2n) is 9.82. The van der Waals surface area contributed by atoms with Gasteiger partial charge in [-0.1, -0.05) is 12.1 Å². The number of likely N-dealkylation sites (N-methyl/N-ethyl adjacent to an activating group) is 1. The van der Waals surface area contributed by atoms with E-state index in [9.17, 15) is 0 Å². The van der Waals surface area contributed by atoms with Gasteiger partial charge in [0.2, 0.25) is 5.95 Å². The standard InChI is InChI=1S/C26H33N9/c1-18(6-7-27)35-17-23(15-29-35)21-5-4-20-12-19(2)34(16-22(20)13-21)25-14-24(30-26(28)31-25)33-10-8-32(3)9-11-33/h4-5,13-15,17-19H,6,8-12,16H2,1-3H3,(H2,28,30,31). The number of fused-ring (bicyclic) bond motifs is 1. The molecule has 2 atom stereocenters. The summed E-state index contributed by atoms with van der Waals surface area (Å²) in [6.45, 7) is 8.93. The first-order chi connectivity index (χ1) is 16.9. The molecule has 0 saturated carbocycles. The number of benzene rings is 1. The number of piperazine rings is 1. The molecule has 182 valence electrons.